The lowest BCUT2D eigenvalue weighted by Crippen LogP contribution is -1.98. The first-order valence-corrected chi connectivity index (χ1v) is 3.24. The third-order valence-electron chi connectivity index (χ3n) is 1.46. The number of benzene rings is 1. The fourth-order valence-corrected chi connectivity index (χ4v) is 0.766. The van der Waals surface area contributed by atoms with Crippen LogP contribution in [0.2, 0.25) is 0 Å². The van der Waals surface area contributed by atoms with Crippen molar-refractivity contribution in [3.8, 4) is 0 Å². The third-order valence-corrected chi connectivity index (χ3v) is 1.46. The van der Waals surface area contributed by atoms with Crippen LogP contribution in [0.15, 0.2) is 29.4 Å². The summed E-state index contributed by atoms with van der Waals surface area (Å²) in [6.45, 7) is 1.77. The molecule has 1 aromatic carbocycles. The van der Waals surface area contributed by atoms with E-state index in [-0.39, 0.29) is 5.82 Å². The van der Waals surface area contributed by atoms with E-state index < -0.39 is 0 Å². The Balaban J connectivity index is 2.99. The number of hydrogen-bond acceptors (Lipinski definition) is 2. The standard InChI is InChI=1S/C8H9FN2/c1-6(11-10)7-2-4-8(9)5-3-7/h2-5H,10H2,1H3/b11-6+. The van der Waals surface area contributed by atoms with Crippen LogP contribution in [-0.2, 0) is 0 Å². The Hall–Kier alpha value is -1.38. The average Bonchev–Trinajstić information content (AvgIpc) is 2.05. The second-order valence-corrected chi connectivity index (χ2v) is 2.22. The quantitative estimate of drug-likeness (QED) is 0.369. The van der Waals surface area contributed by atoms with E-state index in [1.165, 1.54) is 12.1 Å². The highest BCUT2D eigenvalue weighted by atomic mass is 19.1. The van der Waals surface area contributed by atoms with Crippen molar-refractivity contribution in [2.24, 2.45) is 10.9 Å². The molecule has 2 N–H and O–H groups in total. The van der Waals surface area contributed by atoms with Gasteiger partial charge in [0.2, 0.25) is 0 Å². The highest BCUT2D eigenvalue weighted by molar-refractivity contribution is 5.98. The van der Waals surface area contributed by atoms with E-state index in [0.29, 0.717) is 5.71 Å². The third kappa shape index (κ3) is 1.77. The predicted octanol–water partition coefficient (Wildman–Crippen LogP) is 1.51. The van der Waals surface area contributed by atoms with Gasteiger partial charge in [0, 0.05) is 0 Å². The van der Waals surface area contributed by atoms with Crippen molar-refractivity contribution < 1.29 is 4.39 Å². The van der Waals surface area contributed by atoms with Gasteiger partial charge in [-0.05, 0) is 24.6 Å². The second-order valence-electron chi connectivity index (χ2n) is 2.22. The van der Waals surface area contributed by atoms with Crippen LogP contribution in [0.4, 0.5) is 4.39 Å². The predicted molar refractivity (Wildman–Crippen MR) is 42.8 cm³/mol. The number of halogens is 1. The van der Waals surface area contributed by atoms with Crippen LogP contribution in [0, 0.1) is 5.82 Å². The van der Waals surface area contributed by atoms with Gasteiger partial charge < -0.3 is 5.84 Å². The van der Waals surface area contributed by atoms with Crippen LogP contribution in [0.1, 0.15) is 12.5 Å². The van der Waals surface area contributed by atoms with E-state index in [9.17, 15) is 4.39 Å². The second kappa shape index (κ2) is 3.14. The monoisotopic (exact) mass is 152 g/mol. The lowest BCUT2D eigenvalue weighted by molar-refractivity contribution is 0.628. The molecule has 0 radical (unpaired) electrons. The minimum atomic E-state index is -0.251. The van der Waals surface area contributed by atoms with Gasteiger partial charge in [0.1, 0.15) is 5.82 Å². The molecule has 11 heavy (non-hydrogen) atoms. The topological polar surface area (TPSA) is 38.4 Å². The first kappa shape index (κ1) is 7.72. The van der Waals surface area contributed by atoms with Crippen molar-refractivity contribution in [1.29, 1.82) is 0 Å². The van der Waals surface area contributed by atoms with Crippen LogP contribution in [0.5, 0.6) is 0 Å². The Bertz CT molecular complexity index is 264. The van der Waals surface area contributed by atoms with Crippen LogP contribution in [0.3, 0.4) is 0 Å². The molecule has 0 bridgehead atoms. The molecule has 1 rings (SSSR count). The Morgan fingerprint density at radius 1 is 1.36 bits per heavy atom. The van der Waals surface area contributed by atoms with Crippen LogP contribution < -0.4 is 5.84 Å². The summed E-state index contributed by atoms with van der Waals surface area (Å²) >= 11 is 0. The number of hydrogen-bond donors (Lipinski definition) is 1. The van der Waals surface area contributed by atoms with Gasteiger partial charge in [-0.25, -0.2) is 4.39 Å². The van der Waals surface area contributed by atoms with E-state index in [0.717, 1.165) is 5.56 Å². The number of rotatable bonds is 1. The summed E-state index contributed by atoms with van der Waals surface area (Å²) in [4.78, 5) is 0. The molecule has 0 aliphatic carbocycles. The summed E-state index contributed by atoms with van der Waals surface area (Å²) in [5, 5.41) is 3.48. The highest BCUT2D eigenvalue weighted by Crippen LogP contribution is 2.03. The van der Waals surface area contributed by atoms with Gasteiger partial charge in [0.05, 0.1) is 5.71 Å². The number of nitrogens with zero attached hydrogens (tertiary/aromatic N) is 1. The van der Waals surface area contributed by atoms with Crippen molar-refractivity contribution >= 4 is 5.71 Å². The van der Waals surface area contributed by atoms with Crippen LogP contribution in [0.25, 0.3) is 0 Å². The van der Waals surface area contributed by atoms with Gasteiger partial charge in [0.15, 0.2) is 0 Å². The minimum absolute atomic E-state index is 0.251. The molecule has 0 atom stereocenters. The molecular weight excluding hydrogens is 143 g/mol. The zero-order chi connectivity index (χ0) is 8.27. The molecule has 0 saturated carbocycles. The number of hydrazone groups is 1. The highest BCUT2D eigenvalue weighted by Gasteiger charge is 1.95. The molecule has 0 heterocycles. The summed E-state index contributed by atoms with van der Waals surface area (Å²) in [7, 11) is 0. The molecule has 0 unspecified atom stereocenters. The molecule has 2 nitrogen and oxygen atoms in total. The largest absolute Gasteiger partial charge is 0.323 e. The Morgan fingerprint density at radius 3 is 2.36 bits per heavy atom. The molecule has 0 aromatic heterocycles. The van der Waals surface area contributed by atoms with Gasteiger partial charge in [-0.15, -0.1) is 0 Å². The summed E-state index contributed by atoms with van der Waals surface area (Å²) < 4.78 is 12.4. The first-order valence-electron chi connectivity index (χ1n) is 3.24. The molecule has 0 saturated heterocycles. The Labute approximate surface area is 64.5 Å². The SMILES string of the molecule is C/C(=N\N)c1ccc(F)cc1. The van der Waals surface area contributed by atoms with Crippen LogP contribution in [-0.4, -0.2) is 5.71 Å². The first-order chi connectivity index (χ1) is 5.24. The average molecular weight is 152 g/mol. The van der Waals surface area contributed by atoms with Gasteiger partial charge in [-0.1, -0.05) is 12.1 Å². The maximum absolute atomic E-state index is 12.4. The van der Waals surface area contributed by atoms with E-state index in [2.05, 4.69) is 5.10 Å². The van der Waals surface area contributed by atoms with E-state index in [1.807, 2.05) is 0 Å². The fraction of sp³-hybridized carbons (Fsp3) is 0.125. The Morgan fingerprint density at radius 2 is 1.91 bits per heavy atom. The molecule has 0 aliphatic rings. The summed E-state index contributed by atoms with van der Waals surface area (Å²) in [5.74, 6) is 4.79. The molecule has 0 spiro atoms. The number of nitrogens with two attached hydrogens (primary N) is 1. The van der Waals surface area contributed by atoms with Crippen LogP contribution >= 0.6 is 0 Å². The maximum Gasteiger partial charge on any atom is 0.123 e. The molecule has 0 aliphatic heterocycles. The van der Waals surface area contributed by atoms with Crippen molar-refractivity contribution in [2.75, 3.05) is 0 Å². The van der Waals surface area contributed by atoms with E-state index in [1.54, 1.807) is 19.1 Å². The minimum Gasteiger partial charge on any atom is -0.323 e. The van der Waals surface area contributed by atoms with Crippen molar-refractivity contribution in [2.45, 2.75) is 6.92 Å². The maximum atomic E-state index is 12.4. The molecule has 58 valence electrons. The normalized spacial score (nSPS) is 11.6. The van der Waals surface area contributed by atoms with Gasteiger partial charge in [-0.3, -0.25) is 0 Å². The lowest BCUT2D eigenvalue weighted by atomic mass is 10.1. The van der Waals surface area contributed by atoms with Crippen molar-refractivity contribution in [3.63, 3.8) is 0 Å². The van der Waals surface area contributed by atoms with Gasteiger partial charge in [0.25, 0.3) is 0 Å². The molecule has 0 amide bonds. The smallest absolute Gasteiger partial charge is 0.123 e. The van der Waals surface area contributed by atoms with Gasteiger partial charge >= 0.3 is 0 Å². The molecule has 1 aromatic rings. The zero-order valence-electron chi connectivity index (χ0n) is 6.21. The summed E-state index contributed by atoms with van der Waals surface area (Å²) in [6, 6.07) is 6.04. The molecular formula is C8H9FN2. The summed E-state index contributed by atoms with van der Waals surface area (Å²) in [5.41, 5.74) is 1.54. The summed E-state index contributed by atoms with van der Waals surface area (Å²) in [6.07, 6.45) is 0. The van der Waals surface area contributed by atoms with Gasteiger partial charge in [-0.2, -0.15) is 5.10 Å². The van der Waals surface area contributed by atoms with Crippen molar-refractivity contribution in [3.05, 3.63) is 35.6 Å². The van der Waals surface area contributed by atoms with E-state index >= 15 is 0 Å². The lowest BCUT2D eigenvalue weighted by Gasteiger charge is -1.96. The fourth-order valence-electron chi connectivity index (χ4n) is 0.766. The zero-order valence-corrected chi connectivity index (χ0v) is 6.21. The molecule has 3 heteroatoms. The van der Waals surface area contributed by atoms with Crippen molar-refractivity contribution in [1.82, 2.24) is 0 Å². The Kier molecular flexibility index (Phi) is 2.21. The van der Waals surface area contributed by atoms with E-state index in [4.69, 9.17) is 5.84 Å². The molecule has 0 fully saturated rings.